The van der Waals surface area contributed by atoms with E-state index < -0.39 is 10.0 Å². The van der Waals surface area contributed by atoms with Crippen molar-refractivity contribution in [3.63, 3.8) is 0 Å². The van der Waals surface area contributed by atoms with E-state index in [9.17, 15) is 13.2 Å². The van der Waals surface area contributed by atoms with Gasteiger partial charge in [0.25, 0.3) is 5.91 Å². The summed E-state index contributed by atoms with van der Waals surface area (Å²) in [5, 5.41) is 2.76. The van der Waals surface area contributed by atoms with Gasteiger partial charge in [0.2, 0.25) is 10.0 Å². The van der Waals surface area contributed by atoms with Gasteiger partial charge >= 0.3 is 0 Å². The molecule has 2 aromatic rings. The number of hydrogen-bond donors (Lipinski definition) is 2. The molecule has 1 amide bonds. The highest BCUT2D eigenvalue weighted by Gasteiger charge is 2.15. The highest BCUT2D eigenvalue weighted by Crippen LogP contribution is 2.17. The molecule has 25 heavy (non-hydrogen) atoms. The van der Waals surface area contributed by atoms with Crippen molar-refractivity contribution in [3.05, 3.63) is 66.7 Å². The molecule has 0 aromatic heterocycles. The van der Waals surface area contributed by atoms with Crippen LogP contribution in [-0.4, -0.2) is 35.0 Å². The Kier molecular flexibility index (Phi) is 5.95. The summed E-state index contributed by atoms with van der Waals surface area (Å²) in [6.07, 6.45) is 1.45. The van der Waals surface area contributed by atoms with E-state index in [4.69, 9.17) is 0 Å². The number of sulfonamides is 1. The van der Waals surface area contributed by atoms with Gasteiger partial charge in [-0.3, -0.25) is 4.79 Å². The molecule has 0 aliphatic heterocycles. The van der Waals surface area contributed by atoms with Gasteiger partial charge in [0.1, 0.15) is 0 Å². The van der Waals surface area contributed by atoms with Gasteiger partial charge in [0.15, 0.2) is 0 Å². The maximum Gasteiger partial charge on any atom is 0.255 e. The van der Waals surface area contributed by atoms with Crippen molar-refractivity contribution in [2.45, 2.75) is 4.90 Å². The van der Waals surface area contributed by atoms with Gasteiger partial charge in [0, 0.05) is 37.6 Å². The third-order valence-electron chi connectivity index (χ3n) is 3.47. The minimum absolute atomic E-state index is 0.0324. The van der Waals surface area contributed by atoms with E-state index in [0.29, 0.717) is 5.69 Å². The fourth-order valence-electron chi connectivity index (χ4n) is 2.10. The summed E-state index contributed by atoms with van der Waals surface area (Å²) in [5.41, 5.74) is 1.91. The molecule has 0 aliphatic rings. The van der Waals surface area contributed by atoms with E-state index >= 15 is 0 Å². The number of benzene rings is 2. The zero-order valence-electron chi connectivity index (χ0n) is 14.2. The Morgan fingerprint density at radius 1 is 1.16 bits per heavy atom. The lowest BCUT2D eigenvalue weighted by Gasteiger charge is -2.13. The van der Waals surface area contributed by atoms with Crippen molar-refractivity contribution >= 4 is 27.3 Å². The molecular weight excluding hydrogens is 338 g/mol. The van der Waals surface area contributed by atoms with Gasteiger partial charge in [-0.15, -0.1) is 6.58 Å². The number of hydrogen-bond acceptors (Lipinski definition) is 4. The van der Waals surface area contributed by atoms with E-state index in [-0.39, 0.29) is 22.9 Å². The Hall–Kier alpha value is -2.64. The molecule has 0 aliphatic carbocycles. The molecule has 132 valence electrons. The molecule has 0 unspecified atom stereocenters. The molecule has 6 nitrogen and oxygen atoms in total. The second-order valence-corrected chi connectivity index (χ2v) is 7.33. The number of carbonyl (C=O) groups is 1. The normalized spacial score (nSPS) is 11.0. The summed E-state index contributed by atoms with van der Waals surface area (Å²) in [6.45, 7) is 3.59. The molecule has 0 atom stereocenters. The molecule has 7 heteroatoms. The molecule has 2 N–H and O–H groups in total. The van der Waals surface area contributed by atoms with Crippen molar-refractivity contribution in [3.8, 4) is 0 Å². The molecule has 0 radical (unpaired) electrons. The summed E-state index contributed by atoms with van der Waals surface area (Å²) >= 11 is 0. The van der Waals surface area contributed by atoms with Crippen LogP contribution in [0.4, 0.5) is 11.4 Å². The first kappa shape index (κ1) is 18.7. The minimum atomic E-state index is -3.67. The summed E-state index contributed by atoms with van der Waals surface area (Å²) in [5.74, 6) is -0.377. The number of amides is 1. The smallest absolute Gasteiger partial charge is 0.255 e. The van der Waals surface area contributed by atoms with E-state index in [0.717, 1.165) is 5.69 Å². The first-order chi connectivity index (χ1) is 11.8. The van der Waals surface area contributed by atoms with Gasteiger partial charge in [0.05, 0.1) is 4.90 Å². The maximum absolute atomic E-state index is 12.4. The van der Waals surface area contributed by atoms with Crippen LogP contribution in [0.3, 0.4) is 0 Å². The van der Waals surface area contributed by atoms with Gasteiger partial charge < -0.3 is 10.2 Å². The molecular formula is C18H21N3O3S. The third kappa shape index (κ3) is 4.91. The molecule has 0 fully saturated rings. The predicted molar refractivity (Wildman–Crippen MR) is 101 cm³/mol. The van der Waals surface area contributed by atoms with Crippen LogP contribution in [0.2, 0.25) is 0 Å². The highest BCUT2D eigenvalue weighted by molar-refractivity contribution is 7.89. The fraction of sp³-hybridized carbons (Fsp3) is 0.167. The van der Waals surface area contributed by atoms with Gasteiger partial charge in [-0.25, -0.2) is 13.1 Å². The zero-order valence-corrected chi connectivity index (χ0v) is 15.0. The van der Waals surface area contributed by atoms with Crippen LogP contribution in [0, 0.1) is 0 Å². The lowest BCUT2D eigenvalue weighted by atomic mass is 10.2. The number of nitrogens with zero attached hydrogens (tertiary/aromatic N) is 1. The Bertz CT molecular complexity index is 859. The Morgan fingerprint density at radius 2 is 1.84 bits per heavy atom. The summed E-state index contributed by atoms with van der Waals surface area (Å²) < 4.78 is 26.6. The Labute approximate surface area is 148 Å². The second kappa shape index (κ2) is 7.96. The van der Waals surface area contributed by atoms with E-state index in [2.05, 4.69) is 16.6 Å². The van der Waals surface area contributed by atoms with Crippen molar-refractivity contribution in [2.24, 2.45) is 0 Å². The van der Waals surface area contributed by atoms with Crippen LogP contribution in [0.5, 0.6) is 0 Å². The van der Waals surface area contributed by atoms with E-state index in [1.165, 1.54) is 24.3 Å². The molecule has 2 rings (SSSR count). The average molecular weight is 359 g/mol. The summed E-state index contributed by atoms with van der Waals surface area (Å²) in [4.78, 5) is 14.4. The average Bonchev–Trinajstić information content (AvgIpc) is 2.60. The summed E-state index contributed by atoms with van der Waals surface area (Å²) in [7, 11) is 0.188. The Morgan fingerprint density at radius 3 is 2.44 bits per heavy atom. The second-order valence-electron chi connectivity index (χ2n) is 5.56. The van der Waals surface area contributed by atoms with Gasteiger partial charge in [-0.2, -0.15) is 0 Å². The highest BCUT2D eigenvalue weighted by atomic mass is 32.2. The van der Waals surface area contributed by atoms with Crippen LogP contribution < -0.4 is 14.9 Å². The summed E-state index contributed by atoms with van der Waals surface area (Å²) in [6, 6.07) is 13.2. The van der Waals surface area contributed by atoms with Crippen molar-refractivity contribution in [2.75, 3.05) is 30.9 Å². The third-order valence-corrected chi connectivity index (χ3v) is 4.89. The van der Waals surface area contributed by atoms with Crippen LogP contribution in [0.25, 0.3) is 0 Å². The SMILES string of the molecule is C=CCNS(=O)(=O)c1cccc(C(=O)Nc2ccc(N(C)C)cc2)c1. The van der Waals surface area contributed by atoms with Gasteiger partial charge in [-0.05, 0) is 42.5 Å². The largest absolute Gasteiger partial charge is 0.378 e. The van der Waals surface area contributed by atoms with Crippen molar-refractivity contribution < 1.29 is 13.2 Å². The number of anilines is 2. The zero-order chi connectivity index (χ0) is 18.4. The van der Waals surface area contributed by atoms with Gasteiger partial charge in [-0.1, -0.05) is 12.1 Å². The Balaban J connectivity index is 2.17. The van der Waals surface area contributed by atoms with Crippen LogP contribution in [0.15, 0.2) is 66.1 Å². The van der Waals surface area contributed by atoms with Crippen LogP contribution >= 0.6 is 0 Å². The molecule has 0 bridgehead atoms. The standard InChI is InChI=1S/C18H21N3O3S/c1-4-12-19-25(23,24)17-7-5-6-14(13-17)18(22)20-15-8-10-16(11-9-15)21(2)3/h4-11,13,19H,1,12H2,2-3H3,(H,20,22). The predicted octanol–water partition coefficient (Wildman–Crippen LogP) is 2.47. The lowest BCUT2D eigenvalue weighted by Crippen LogP contribution is -2.24. The van der Waals surface area contributed by atoms with Crippen molar-refractivity contribution in [1.29, 1.82) is 0 Å². The van der Waals surface area contributed by atoms with Crippen molar-refractivity contribution in [1.82, 2.24) is 4.72 Å². The maximum atomic E-state index is 12.4. The van der Waals surface area contributed by atoms with E-state index in [1.807, 2.05) is 31.1 Å². The van der Waals surface area contributed by atoms with Crippen LogP contribution in [0.1, 0.15) is 10.4 Å². The fourth-order valence-corrected chi connectivity index (χ4v) is 3.15. The molecule has 0 spiro atoms. The van der Waals surface area contributed by atoms with E-state index in [1.54, 1.807) is 18.2 Å². The monoisotopic (exact) mass is 359 g/mol. The number of rotatable bonds is 7. The topological polar surface area (TPSA) is 78.5 Å². The number of carbonyl (C=O) groups excluding carboxylic acids is 1. The molecule has 0 saturated heterocycles. The first-order valence-corrected chi connectivity index (χ1v) is 9.11. The minimum Gasteiger partial charge on any atom is -0.378 e. The quantitative estimate of drug-likeness (QED) is 0.745. The molecule has 0 saturated carbocycles. The first-order valence-electron chi connectivity index (χ1n) is 7.63. The number of nitrogens with one attached hydrogen (secondary N) is 2. The molecule has 2 aromatic carbocycles. The van der Waals surface area contributed by atoms with Crippen LogP contribution in [-0.2, 0) is 10.0 Å². The lowest BCUT2D eigenvalue weighted by molar-refractivity contribution is 0.102. The molecule has 0 heterocycles.